The van der Waals surface area contributed by atoms with Crippen LogP contribution in [-0.2, 0) is 16.7 Å². The minimum Gasteiger partial charge on any atom is -0.355 e. The van der Waals surface area contributed by atoms with Crippen molar-refractivity contribution in [1.29, 1.82) is 5.41 Å². The number of nitrogens with one attached hydrogen (secondary N) is 2. The van der Waals surface area contributed by atoms with E-state index < -0.39 is 21.4 Å². The number of aromatic nitrogens is 2. The van der Waals surface area contributed by atoms with Crippen molar-refractivity contribution in [3.63, 3.8) is 0 Å². The molecule has 0 aliphatic carbocycles. The van der Waals surface area contributed by atoms with E-state index in [1.165, 1.54) is 12.1 Å². The number of aromatic amines is 1. The maximum atomic E-state index is 12.5. The molecule has 0 amide bonds. The summed E-state index contributed by atoms with van der Waals surface area (Å²) < 4.78 is 30.5. The number of amidine groups is 1. The van der Waals surface area contributed by atoms with Crippen molar-refractivity contribution in [2.24, 2.45) is 0 Å². The van der Waals surface area contributed by atoms with Gasteiger partial charge in [-0.05, 0) is 25.5 Å². The van der Waals surface area contributed by atoms with Crippen molar-refractivity contribution in [1.82, 2.24) is 14.6 Å². The summed E-state index contributed by atoms with van der Waals surface area (Å²) in [5.41, 5.74) is -1.20. The maximum absolute atomic E-state index is 12.5. The van der Waals surface area contributed by atoms with Gasteiger partial charge in [0.05, 0.1) is 12.4 Å². The van der Waals surface area contributed by atoms with Gasteiger partial charge >= 0.3 is 15.8 Å². The number of aryl methyl sites for hydroxylation is 1. The Labute approximate surface area is 159 Å². The van der Waals surface area contributed by atoms with E-state index >= 15 is 0 Å². The van der Waals surface area contributed by atoms with Gasteiger partial charge in [0.25, 0.3) is 5.56 Å². The van der Waals surface area contributed by atoms with Gasteiger partial charge in [0.1, 0.15) is 15.6 Å². The molecule has 1 aromatic carbocycles. The van der Waals surface area contributed by atoms with Crippen molar-refractivity contribution in [3.8, 4) is 0 Å². The lowest BCUT2D eigenvalue weighted by molar-refractivity contribution is 0.238. The zero-order valence-corrected chi connectivity index (χ0v) is 15.9. The van der Waals surface area contributed by atoms with E-state index in [4.69, 9.17) is 21.3 Å². The van der Waals surface area contributed by atoms with Crippen LogP contribution in [0.2, 0.25) is 5.02 Å². The fourth-order valence-corrected chi connectivity index (χ4v) is 3.78. The summed E-state index contributed by atoms with van der Waals surface area (Å²) >= 11 is 6.02. The first-order chi connectivity index (χ1) is 12.7. The molecule has 27 heavy (non-hydrogen) atoms. The molecule has 1 saturated heterocycles. The maximum Gasteiger partial charge on any atom is 0.362 e. The predicted octanol–water partition coefficient (Wildman–Crippen LogP) is 0.889. The first kappa shape index (κ1) is 19.2. The van der Waals surface area contributed by atoms with E-state index in [-0.39, 0.29) is 22.2 Å². The van der Waals surface area contributed by atoms with Crippen LogP contribution < -0.4 is 15.5 Å². The van der Waals surface area contributed by atoms with Gasteiger partial charge in [-0.3, -0.25) is 19.5 Å². The molecule has 9 nitrogen and oxygen atoms in total. The molecule has 2 aromatic rings. The molecule has 2 heterocycles. The molecule has 0 bridgehead atoms. The van der Waals surface area contributed by atoms with Gasteiger partial charge in [-0.1, -0.05) is 29.3 Å². The SMILES string of the molecule is Cc1ccc(S(=O)(=O)On2c(CN3CCCC3=N)c(Cl)c(=O)[nH]c2=O)cc1. The van der Waals surface area contributed by atoms with E-state index in [1.807, 2.05) is 4.98 Å². The summed E-state index contributed by atoms with van der Waals surface area (Å²) in [6, 6.07) is 5.87. The van der Waals surface area contributed by atoms with Crippen molar-refractivity contribution in [2.45, 2.75) is 31.2 Å². The molecule has 0 unspecified atom stereocenters. The number of halogens is 1. The first-order valence-corrected chi connectivity index (χ1v) is 9.85. The molecule has 1 fully saturated rings. The molecular formula is C16H17ClN4O5S. The molecule has 144 valence electrons. The van der Waals surface area contributed by atoms with Crippen LogP contribution in [0.25, 0.3) is 0 Å². The monoisotopic (exact) mass is 412 g/mol. The molecule has 2 N–H and O–H groups in total. The number of likely N-dealkylation sites (tertiary alicyclic amines) is 1. The number of rotatable bonds is 5. The largest absolute Gasteiger partial charge is 0.362 e. The van der Waals surface area contributed by atoms with Crippen molar-refractivity contribution >= 4 is 27.6 Å². The van der Waals surface area contributed by atoms with E-state index in [1.54, 1.807) is 24.0 Å². The normalized spacial score (nSPS) is 14.6. The Morgan fingerprint density at radius 3 is 2.52 bits per heavy atom. The van der Waals surface area contributed by atoms with Crippen LogP contribution in [0.4, 0.5) is 0 Å². The van der Waals surface area contributed by atoms with Crippen LogP contribution in [0.5, 0.6) is 0 Å². The Morgan fingerprint density at radius 2 is 1.93 bits per heavy atom. The average molecular weight is 413 g/mol. The van der Waals surface area contributed by atoms with Gasteiger partial charge < -0.3 is 4.90 Å². The van der Waals surface area contributed by atoms with Crippen LogP contribution in [0.15, 0.2) is 38.8 Å². The Bertz CT molecular complexity index is 1110. The Hall–Kier alpha value is -2.59. The van der Waals surface area contributed by atoms with Crippen LogP contribution >= 0.6 is 11.6 Å². The summed E-state index contributed by atoms with van der Waals surface area (Å²) in [5.74, 6) is 0.312. The summed E-state index contributed by atoms with van der Waals surface area (Å²) in [6.07, 6.45) is 1.29. The average Bonchev–Trinajstić information content (AvgIpc) is 3.01. The highest BCUT2D eigenvalue weighted by molar-refractivity contribution is 7.87. The number of nitrogens with zero attached hydrogens (tertiary/aromatic N) is 2. The molecular weight excluding hydrogens is 396 g/mol. The fraction of sp³-hybridized carbons (Fsp3) is 0.312. The zero-order chi connectivity index (χ0) is 19.8. The highest BCUT2D eigenvalue weighted by atomic mass is 35.5. The van der Waals surface area contributed by atoms with Gasteiger partial charge in [0, 0.05) is 13.0 Å². The van der Waals surface area contributed by atoms with E-state index in [0.29, 0.717) is 23.5 Å². The topological polar surface area (TPSA) is 125 Å². The summed E-state index contributed by atoms with van der Waals surface area (Å²) in [6.45, 7) is 2.23. The van der Waals surface area contributed by atoms with Gasteiger partial charge in [-0.15, -0.1) is 4.73 Å². The fourth-order valence-electron chi connectivity index (χ4n) is 2.69. The molecule has 1 aromatic heterocycles. The van der Waals surface area contributed by atoms with Crippen molar-refractivity contribution < 1.29 is 12.7 Å². The van der Waals surface area contributed by atoms with E-state index in [0.717, 1.165) is 12.0 Å². The van der Waals surface area contributed by atoms with Crippen LogP contribution in [-0.4, -0.2) is 35.4 Å². The van der Waals surface area contributed by atoms with Gasteiger partial charge in [-0.2, -0.15) is 8.42 Å². The lowest BCUT2D eigenvalue weighted by atomic mass is 10.2. The quantitative estimate of drug-likeness (QED) is 0.751. The third-order valence-electron chi connectivity index (χ3n) is 4.15. The molecule has 11 heteroatoms. The molecule has 3 rings (SSSR count). The third-order valence-corrected chi connectivity index (χ3v) is 5.73. The Morgan fingerprint density at radius 1 is 1.26 bits per heavy atom. The Kier molecular flexibility index (Phi) is 5.11. The number of benzene rings is 1. The van der Waals surface area contributed by atoms with Gasteiger partial charge in [0.2, 0.25) is 0 Å². The lowest BCUT2D eigenvalue weighted by Gasteiger charge is -2.20. The van der Waals surface area contributed by atoms with Gasteiger partial charge in [0.15, 0.2) is 0 Å². The molecule has 0 radical (unpaired) electrons. The third kappa shape index (κ3) is 3.91. The molecule has 0 spiro atoms. The van der Waals surface area contributed by atoms with Crippen LogP contribution in [0.3, 0.4) is 0 Å². The second-order valence-corrected chi connectivity index (χ2v) is 8.03. The minimum atomic E-state index is -4.34. The predicted molar refractivity (Wildman–Crippen MR) is 98.6 cm³/mol. The minimum absolute atomic E-state index is 0.0970. The van der Waals surface area contributed by atoms with Gasteiger partial charge in [-0.25, -0.2) is 4.79 Å². The second kappa shape index (κ2) is 7.20. The second-order valence-electron chi connectivity index (χ2n) is 6.13. The van der Waals surface area contributed by atoms with Crippen LogP contribution in [0.1, 0.15) is 24.1 Å². The highest BCUT2D eigenvalue weighted by Crippen LogP contribution is 2.18. The van der Waals surface area contributed by atoms with Crippen molar-refractivity contribution in [2.75, 3.05) is 6.54 Å². The summed E-state index contributed by atoms with van der Waals surface area (Å²) in [5, 5.41) is 7.52. The van der Waals surface area contributed by atoms with Crippen LogP contribution in [0, 0.1) is 12.3 Å². The summed E-state index contributed by atoms with van der Waals surface area (Å²) in [7, 11) is -4.34. The number of hydrogen-bond acceptors (Lipinski definition) is 6. The number of H-pyrrole nitrogens is 1. The summed E-state index contributed by atoms with van der Waals surface area (Å²) in [4.78, 5) is 27.5. The zero-order valence-electron chi connectivity index (χ0n) is 14.4. The van der Waals surface area contributed by atoms with E-state index in [9.17, 15) is 18.0 Å². The smallest absolute Gasteiger partial charge is 0.355 e. The molecule has 1 aliphatic rings. The number of hydrogen-bond donors (Lipinski definition) is 2. The Balaban J connectivity index is 2.05. The molecule has 0 saturated carbocycles. The van der Waals surface area contributed by atoms with Crippen molar-refractivity contribution in [3.05, 3.63) is 61.4 Å². The molecule has 0 atom stereocenters. The highest BCUT2D eigenvalue weighted by Gasteiger charge is 2.26. The lowest BCUT2D eigenvalue weighted by Crippen LogP contribution is -2.41. The first-order valence-electron chi connectivity index (χ1n) is 8.07. The van der Waals surface area contributed by atoms with E-state index in [2.05, 4.69) is 0 Å². The molecule has 1 aliphatic heterocycles. The standard InChI is InChI=1S/C16H17ClN4O5S/c1-10-4-6-11(7-5-10)27(24,25)26-21-12(9-20-8-2-3-13(20)18)14(17)15(22)19-16(21)23/h4-7,18H,2-3,8-9H2,1H3,(H,19,22,23).